The number of carboxylic acid groups (broad SMARTS) is 1. The van der Waals surface area contributed by atoms with Crippen LogP contribution in [0, 0.1) is 0 Å². The Morgan fingerprint density at radius 3 is 2.84 bits per heavy atom. The smallest absolute Gasteiger partial charge is 0.305 e. The number of carbonyl (C=O) groups is 2. The molecule has 132 valence electrons. The number of rotatable bonds is 7. The minimum atomic E-state index is -0.840. The molecule has 1 amide bonds. The molecule has 7 heteroatoms. The van der Waals surface area contributed by atoms with Crippen LogP contribution in [0.15, 0.2) is 42.7 Å². The molecule has 0 aliphatic carbocycles. The van der Waals surface area contributed by atoms with E-state index in [9.17, 15) is 9.59 Å². The van der Waals surface area contributed by atoms with Gasteiger partial charge in [-0.05, 0) is 12.0 Å². The van der Waals surface area contributed by atoms with E-state index in [0.717, 1.165) is 17.7 Å². The highest BCUT2D eigenvalue weighted by molar-refractivity contribution is 5.82. The van der Waals surface area contributed by atoms with E-state index in [1.165, 1.54) is 0 Å². The van der Waals surface area contributed by atoms with Crippen molar-refractivity contribution in [1.29, 1.82) is 0 Å². The van der Waals surface area contributed by atoms with Gasteiger partial charge in [0.05, 0.1) is 25.2 Å². The molecule has 2 N–H and O–H groups in total. The lowest BCUT2D eigenvalue weighted by Crippen LogP contribution is -2.55. The maximum atomic E-state index is 12.3. The zero-order valence-electron chi connectivity index (χ0n) is 14.0. The Kier molecular flexibility index (Phi) is 5.45. The fourth-order valence-electron chi connectivity index (χ4n) is 3.07. The predicted molar refractivity (Wildman–Crippen MR) is 91.8 cm³/mol. The molecule has 1 fully saturated rings. The van der Waals surface area contributed by atoms with Crippen molar-refractivity contribution in [3.05, 3.63) is 53.9 Å². The summed E-state index contributed by atoms with van der Waals surface area (Å²) in [7, 11) is 0. The summed E-state index contributed by atoms with van der Waals surface area (Å²) in [4.78, 5) is 25.2. The first-order valence-corrected chi connectivity index (χ1v) is 8.40. The highest BCUT2D eigenvalue weighted by Crippen LogP contribution is 2.15. The first-order valence-electron chi connectivity index (χ1n) is 8.40. The maximum absolute atomic E-state index is 12.3. The topological polar surface area (TPSA) is 87.5 Å². The molecule has 1 aromatic heterocycles. The van der Waals surface area contributed by atoms with Gasteiger partial charge in [0.25, 0.3) is 0 Å². The largest absolute Gasteiger partial charge is 0.481 e. The number of nitrogens with zero attached hydrogens (tertiary/aromatic N) is 3. The van der Waals surface area contributed by atoms with Gasteiger partial charge in [-0.15, -0.1) is 0 Å². The van der Waals surface area contributed by atoms with Gasteiger partial charge in [-0.2, -0.15) is 5.10 Å². The fourth-order valence-corrected chi connectivity index (χ4v) is 3.07. The van der Waals surface area contributed by atoms with Crippen molar-refractivity contribution in [2.75, 3.05) is 13.1 Å². The number of amides is 1. The highest BCUT2D eigenvalue weighted by Gasteiger charge is 2.29. The van der Waals surface area contributed by atoms with Crippen molar-refractivity contribution >= 4 is 11.9 Å². The summed E-state index contributed by atoms with van der Waals surface area (Å²) in [5.41, 5.74) is 2.12. The van der Waals surface area contributed by atoms with E-state index in [4.69, 9.17) is 5.11 Å². The van der Waals surface area contributed by atoms with Crippen molar-refractivity contribution < 1.29 is 14.7 Å². The minimum absolute atomic E-state index is 0.0455. The second-order valence-electron chi connectivity index (χ2n) is 6.22. The zero-order valence-corrected chi connectivity index (χ0v) is 14.0. The van der Waals surface area contributed by atoms with Gasteiger partial charge in [0, 0.05) is 31.4 Å². The Morgan fingerprint density at radius 2 is 2.08 bits per heavy atom. The molecule has 0 saturated carbocycles. The maximum Gasteiger partial charge on any atom is 0.305 e. The molecule has 1 aromatic carbocycles. The standard InChI is InChI=1S/C18H22N4O3/c23-17(24)6-8-22-13-15(11-20-22)12-21-9-7-19-18(25)16(21)10-14-4-2-1-3-5-14/h1-5,11,13,16H,6-10,12H2,(H,19,25)(H,23,24)/t16-/m0/s1. The van der Waals surface area contributed by atoms with Crippen LogP contribution in [0.1, 0.15) is 17.5 Å². The number of hydrogen-bond donors (Lipinski definition) is 2. The summed E-state index contributed by atoms with van der Waals surface area (Å²) < 4.78 is 1.64. The van der Waals surface area contributed by atoms with Gasteiger partial charge in [-0.3, -0.25) is 19.2 Å². The number of aromatic nitrogens is 2. The van der Waals surface area contributed by atoms with E-state index in [2.05, 4.69) is 15.3 Å². The van der Waals surface area contributed by atoms with E-state index in [-0.39, 0.29) is 18.4 Å². The molecule has 0 spiro atoms. The minimum Gasteiger partial charge on any atom is -0.481 e. The lowest BCUT2D eigenvalue weighted by molar-refractivity contribution is -0.137. The van der Waals surface area contributed by atoms with Crippen molar-refractivity contribution in [2.24, 2.45) is 0 Å². The Bertz CT molecular complexity index is 729. The van der Waals surface area contributed by atoms with Crippen molar-refractivity contribution in [2.45, 2.75) is 32.0 Å². The van der Waals surface area contributed by atoms with Crippen molar-refractivity contribution in [3.8, 4) is 0 Å². The van der Waals surface area contributed by atoms with Crippen LogP contribution in [-0.4, -0.2) is 50.8 Å². The molecule has 1 atom stereocenters. The Balaban J connectivity index is 1.66. The second-order valence-corrected chi connectivity index (χ2v) is 6.22. The molecular formula is C18H22N4O3. The quantitative estimate of drug-likeness (QED) is 0.781. The van der Waals surface area contributed by atoms with Crippen molar-refractivity contribution in [1.82, 2.24) is 20.0 Å². The summed E-state index contributed by atoms with van der Waals surface area (Å²) in [6.07, 6.45) is 4.31. The number of aliphatic carboxylic acids is 1. The number of piperazine rings is 1. The molecule has 2 aromatic rings. The summed E-state index contributed by atoms with van der Waals surface area (Å²) in [6, 6.07) is 9.78. The summed E-state index contributed by atoms with van der Waals surface area (Å²) in [5, 5.41) is 15.9. The molecule has 1 saturated heterocycles. The number of benzene rings is 1. The van der Waals surface area contributed by atoms with E-state index in [1.807, 2.05) is 36.5 Å². The number of aryl methyl sites for hydroxylation is 1. The lowest BCUT2D eigenvalue weighted by atomic mass is 10.0. The summed E-state index contributed by atoms with van der Waals surface area (Å²) >= 11 is 0. The molecule has 2 heterocycles. The zero-order chi connectivity index (χ0) is 17.6. The molecule has 0 radical (unpaired) electrons. The van der Waals surface area contributed by atoms with Crippen LogP contribution in [0.3, 0.4) is 0 Å². The first kappa shape index (κ1) is 17.2. The Labute approximate surface area is 146 Å². The molecule has 25 heavy (non-hydrogen) atoms. The summed E-state index contributed by atoms with van der Waals surface area (Å²) in [6.45, 7) is 2.39. The molecule has 1 aliphatic rings. The number of carbonyl (C=O) groups excluding carboxylic acids is 1. The predicted octanol–water partition coefficient (Wildman–Crippen LogP) is 0.901. The fraction of sp³-hybridized carbons (Fsp3) is 0.389. The molecule has 0 unspecified atom stereocenters. The third-order valence-corrected chi connectivity index (χ3v) is 4.34. The van der Waals surface area contributed by atoms with Crippen LogP contribution in [0.2, 0.25) is 0 Å². The number of carboxylic acids is 1. The first-order chi connectivity index (χ1) is 12.1. The van der Waals surface area contributed by atoms with Gasteiger partial charge in [0.1, 0.15) is 0 Å². The molecule has 0 bridgehead atoms. The van der Waals surface area contributed by atoms with Crippen molar-refractivity contribution in [3.63, 3.8) is 0 Å². The number of hydrogen-bond acceptors (Lipinski definition) is 4. The Morgan fingerprint density at radius 1 is 1.28 bits per heavy atom. The third-order valence-electron chi connectivity index (χ3n) is 4.34. The lowest BCUT2D eigenvalue weighted by Gasteiger charge is -2.34. The van der Waals surface area contributed by atoms with Crippen LogP contribution < -0.4 is 5.32 Å². The molecule has 3 rings (SSSR count). The van der Waals surface area contributed by atoms with E-state index < -0.39 is 5.97 Å². The highest BCUT2D eigenvalue weighted by atomic mass is 16.4. The molecule has 7 nitrogen and oxygen atoms in total. The third kappa shape index (κ3) is 4.67. The van der Waals surface area contributed by atoms with E-state index in [1.54, 1.807) is 10.9 Å². The molecule has 1 aliphatic heterocycles. The summed E-state index contributed by atoms with van der Waals surface area (Å²) in [5.74, 6) is -0.791. The number of nitrogens with one attached hydrogen (secondary N) is 1. The van der Waals surface area contributed by atoms with E-state index >= 15 is 0 Å². The normalized spacial score (nSPS) is 18.1. The van der Waals surface area contributed by atoms with Gasteiger partial charge in [0.15, 0.2) is 0 Å². The van der Waals surface area contributed by atoms with Crippen LogP contribution in [-0.2, 0) is 29.1 Å². The van der Waals surface area contributed by atoms with Crippen LogP contribution in [0.25, 0.3) is 0 Å². The average Bonchev–Trinajstić information content (AvgIpc) is 3.05. The van der Waals surface area contributed by atoms with Gasteiger partial charge < -0.3 is 10.4 Å². The van der Waals surface area contributed by atoms with Crippen LogP contribution >= 0.6 is 0 Å². The van der Waals surface area contributed by atoms with Gasteiger partial charge in [0.2, 0.25) is 5.91 Å². The Hall–Kier alpha value is -2.67. The van der Waals surface area contributed by atoms with E-state index in [0.29, 0.717) is 26.1 Å². The van der Waals surface area contributed by atoms with Crippen LogP contribution in [0.4, 0.5) is 0 Å². The van der Waals surface area contributed by atoms with Gasteiger partial charge in [-0.1, -0.05) is 30.3 Å². The molecular weight excluding hydrogens is 320 g/mol. The van der Waals surface area contributed by atoms with Gasteiger partial charge in [-0.25, -0.2) is 0 Å². The second kappa shape index (κ2) is 7.94. The van der Waals surface area contributed by atoms with Crippen LogP contribution in [0.5, 0.6) is 0 Å². The average molecular weight is 342 g/mol. The SMILES string of the molecule is O=C(O)CCn1cc(CN2CCNC(=O)[C@@H]2Cc2ccccc2)cn1. The van der Waals surface area contributed by atoms with Gasteiger partial charge >= 0.3 is 5.97 Å². The monoisotopic (exact) mass is 342 g/mol.